The third kappa shape index (κ3) is 7.68. The van der Waals surface area contributed by atoms with E-state index in [0.29, 0.717) is 12.2 Å². The number of benzene rings is 2. The lowest BCUT2D eigenvalue weighted by molar-refractivity contribution is -0.134. The summed E-state index contributed by atoms with van der Waals surface area (Å²) in [7, 11) is 2.21. The maximum atomic E-state index is 9.55. The summed E-state index contributed by atoms with van der Waals surface area (Å²) < 4.78 is 0. The molecule has 0 amide bonds. The molecule has 0 atom stereocenters. The molecule has 0 spiro atoms. The molecule has 0 saturated heterocycles. The molecule has 6 heteroatoms. The molecule has 0 bridgehead atoms. The van der Waals surface area contributed by atoms with Crippen LogP contribution >= 0.6 is 11.8 Å². The topological polar surface area (TPSA) is 77.8 Å². The Labute approximate surface area is 163 Å². The summed E-state index contributed by atoms with van der Waals surface area (Å²) in [4.78, 5) is 24.2. The van der Waals surface area contributed by atoms with Gasteiger partial charge in [0.05, 0.1) is 0 Å². The van der Waals surface area contributed by atoms with Crippen molar-refractivity contribution in [3.05, 3.63) is 71.8 Å². The lowest BCUT2D eigenvalue weighted by Crippen LogP contribution is -2.20. The van der Waals surface area contributed by atoms with E-state index in [1.54, 1.807) is 0 Å². The van der Waals surface area contributed by atoms with Gasteiger partial charge < -0.3 is 15.1 Å². The third-order valence-corrected chi connectivity index (χ3v) is 5.05. The van der Waals surface area contributed by atoms with Gasteiger partial charge in [-0.15, -0.1) is 0 Å². The van der Waals surface area contributed by atoms with E-state index in [9.17, 15) is 9.59 Å². The minimum absolute atomic E-state index is 0.558. The van der Waals surface area contributed by atoms with Crippen molar-refractivity contribution in [1.29, 1.82) is 0 Å². The fourth-order valence-electron chi connectivity index (χ4n) is 2.64. The molecule has 0 saturated carbocycles. The first-order chi connectivity index (χ1) is 12.9. The number of likely N-dealkylation sites (N-methyl/N-ethyl adjacent to an activating group) is 1. The molecular weight excluding hydrogens is 362 g/mol. The zero-order chi connectivity index (χ0) is 19.6. The summed E-state index contributed by atoms with van der Waals surface area (Å²) >= 11 is 1.85. The molecule has 1 aliphatic rings. The second-order valence-electron chi connectivity index (χ2n) is 6.16. The average Bonchev–Trinajstić information content (AvgIpc) is 2.83. The summed E-state index contributed by atoms with van der Waals surface area (Å²) in [5.74, 6) is -2.51. The molecule has 3 rings (SSSR count). The molecule has 1 heterocycles. The van der Waals surface area contributed by atoms with Gasteiger partial charge in [0.25, 0.3) is 0 Å². The van der Waals surface area contributed by atoms with Gasteiger partial charge in [0.1, 0.15) is 0 Å². The first-order valence-electron chi connectivity index (χ1n) is 8.61. The van der Waals surface area contributed by atoms with Gasteiger partial charge in [0.2, 0.25) is 0 Å². The molecule has 0 unspecified atom stereocenters. The average molecular weight is 385 g/mol. The number of rotatable bonds is 4. The fraction of sp³-hybridized carbons (Fsp3) is 0.238. The minimum Gasteiger partial charge on any atom is -0.478 e. The molecular formula is C21H23NO4S. The van der Waals surface area contributed by atoms with E-state index < -0.39 is 11.9 Å². The molecule has 142 valence electrons. The summed E-state index contributed by atoms with van der Waals surface area (Å²) in [5, 5.41) is 15.6. The molecule has 0 aromatic heterocycles. The first-order valence-corrected chi connectivity index (χ1v) is 9.43. The Hall–Kier alpha value is -2.57. The van der Waals surface area contributed by atoms with E-state index in [4.69, 9.17) is 10.2 Å². The van der Waals surface area contributed by atoms with Gasteiger partial charge in [-0.3, -0.25) is 0 Å². The summed E-state index contributed by atoms with van der Waals surface area (Å²) in [6, 6.07) is 17.6. The first kappa shape index (κ1) is 20.7. The summed E-state index contributed by atoms with van der Waals surface area (Å²) in [5.41, 5.74) is 3.06. The Kier molecular flexibility index (Phi) is 8.10. The molecule has 0 aliphatic carbocycles. The van der Waals surface area contributed by atoms with E-state index in [1.807, 2.05) is 11.8 Å². The normalized spacial score (nSPS) is 14.0. The van der Waals surface area contributed by atoms with Crippen molar-refractivity contribution in [2.75, 3.05) is 20.1 Å². The van der Waals surface area contributed by atoms with Crippen molar-refractivity contribution in [3.8, 4) is 0 Å². The molecule has 27 heavy (non-hydrogen) atoms. The highest BCUT2D eigenvalue weighted by Crippen LogP contribution is 2.29. The van der Waals surface area contributed by atoms with Crippen molar-refractivity contribution >= 4 is 23.7 Å². The maximum Gasteiger partial charge on any atom is 0.328 e. The summed E-state index contributed by atoms with van der Waals surface area (Å²) in [6.45, 7) is 2.35. The molecule has 2 N–H and O–H groups in total. The quantitative estimate of drug-likeness (QED) is 0.784. The molecule has 0 fully saturated rings. The van der Waals surface area contributed by atoms with Crippen LogP contribution in [0, 0.1) is 0 Å². The van der Waals surface area contributed by atoms with Crippen LogP contribution < -0.4 is 0 Å². The number of carboxylic acids is 2. The number of hydrogen-bond donors (Lipinski definition) is 2. The standard InChI is InChI=1S/C17H19NS.C4H4O4/c1-18-11-9-14-7-8-17(13-15(14)10-12-18)19-16-5-3-2-4-6-16;5-3(6)1-2-4(7)8/h2-8,13H,9-12H2,1H3;1-2H,(H,5,6)(H,7,8). The van der Waals surface area contributed by atoms with Crippen LogP contribution in [0.1, 0.15) is 11.1 Å². The Morgan fingerprint density at radius 2 is 1.48 bits per heavy atom. The summed E-state index contributed by atoms with van der Waals surface area (Å²) in [6.07, 6.45) is 3.47. The Morgan fingerprint density at radius 3 is 2.07 bits per heavy atom. The second kappa shape index (κ2) is 10.5. The number of aliphatic carboxylic acids is 2. The van der Waals surface area contributed by atoms with Gasteiger partial charge in [-0.2, -0.15) is 0 Å². The number of nitrogens with zero attached hydrogens (tertiary/aromatic N) is 1. The van der Waals surface area contributed by atoms with E-state index in [1.165, 1.54) is 46.8 Å². The zero-order valence-electron chi connectivity index (χ0n) is 15.2. The highest BCUT2D eigenvalue weighted by Gasteiger charge is 2.11. The third-order valence-electron chi connectivity index (χ3n) is 4.05. The highest BCUT2D eigenvalue weighted by atomic mass is 32.2. The fourth-order valence-corrected chi connectivity index (χ4v) is 3.55. The number of fused-ring (bicyclic) bond motifs is 1. The smallest absolute Gasteiger partial charge is 0.328 e. The van der Waals surface area contributed by atoms with Gasteiger partial charge in [0.15, 0.2) is 0 Å². The lowest BCUT2D eigenvalue weighted by atomic mass is 10.0. The van der Waals surface area contributed by atoms with Crippen LogP contribution in [-0.4, -0.2) is 47.2 Å². The SMILES string of the molecule is CN1CCc2ccc(Sc3ccccc3)cc2CC1.O=C(O)C=CC(=O)O. The highest BCUT2D eigenvalue weighted by molar-refractivity contribution is 7.99. The van der Waals surface area contributed by atoms with Crippen molar-refractivity contribution in [3.63, 3.8) is 0 Å². The van der Waals surface area contributed by atoms with Crippen LogP contribution in [0.2, 0.25) is 0 Å². The number of carboxylic acid groups (broad SMARTS) is 2. The molecule has 0 radical (unpaired) electrons. The van der Waals surface area contributed by atoms with Gasteiger partial charge in [-0.25, -0.2) is 9.59 Å². The van der Waals surface area contributed by atoms with E-state index in [-0.39, 0.29) is 0 Å². The Balaban J connectivity index is 0.000000279. The van der Waals surface area contributed by atoms with Crippen LogP contribution in [0.3, 0.4) is 0 Å². The van der Waals surface area contributed by atoms with Crippen molar-refractivity contribution in [2.45, 2.75) is 22.6 Å². The molecule has 5 nitrogen and oxygen atoms in total. The number of hydrogen-bond acceptors (Lipinski definition) is 4. The zero-order valence-corrected chi connectivity index (χ0v) is 16.0. The van der Waals surface area contributed by atoms with Gasteiger partial charge in [-0.05, 0) is 55.3 Å². The minimum atomic E-state index is -1.26. The van der Waals surface area contributed by atoms with Crippen LogP contribution in [-0.2, 0) is 22.4 Å². The predicted octanol–water partition coefficient (Wildman–Crippen LogP) is 3.58. The van der Waals surface area contributed by atoms with Gasteiger partial charge in [-0.1, -0.05) is 36.0 Å². The van der Waals surface area contributed by atoms with Crippen molar-refractivity contribution < 1.29 is 19.8 Å². The van der Waals surface area contributed by atoms with Crippen molar-refractivity contribution in [2.24, 2.45) is 0 Å². The van der Waals surface area contributed by atoms with Crippen molar-refractivity contribution in [1.82, 2.24) is 4.90 Å². The van der Waals surface area contributed by atoms with Crippen LogP contribution in [0.15, 0.2) is 70.5 Å². The predicted molar refractivity (Wildman–Crippen MR) is 106 cm³/mol. The molecule has 1 aliphatic heterocycles. The van der Waals surface area contributed by atoms with E-state index >= 15 is 0 Å². The van der Waals surface area contributed by atoms with E-state index in [0.717, 1.165) is 0 Å². The van der Waals surface area contributed by atoms with Crippen LogP contribution in [0.4, 0.5) is 0 Å². The lowest BCUT2D eigenvalue weighted by Gasteiger charge is -2.10. The Bertz CT molecular complexity index is 789. The van der Waals surface area contributed by atoms with E-state index in [2.05, 4.69) is 60.5 Å². The second-order valence-corrected chi connectivity index (χ2v) is 7.31. The van der Waals surface area contributed by atoms with Gasteiger partial charge in [0, 0.05) is 35.0 Å². The van der Waals surface area contributed by atoms with Crippen LogP contribution in [0.5, 0.6) is 0 Å². The molecule has 2 aromatic carbocycles. The van der Waals surface area contributed by atoms with Crippen LogP contribution in [0.25, 0.3) is 0 Å². The van der Waals surface area contributed by atoms with Gasteiger partial charge >= 0.3 is 11.9 Å². The largest absolute Gasteiger partial charge is 0.478 e. The molecule has 2 aromatic rings. The monoisotopic (exact) mass is 385 g/mol. The maximum absolute atomic E-state index is 9.55. The number of carbonyl (C=O) groups is 2. The Morgan fingerprint density at radius 1 is 0.889 bits per heavy atom.